The van der Waals surface area contributed by atoms with Crippen LogP contribution in [0.15, 0.2) is 24.3 Å². The number of hydrogen-bond acceptors (Lipinski definition) is 1. The maximum atomic E-state index is 13.6. The van der Waals surface area contributed by atoms with Crippen molar-refractivity contribution in [2.75, 3.05) is 6.54 Å². The monoisotopic (exact) mass is 231 g/mol. The van der Waals surface area contributed by atoms with E-state index in [9.17, 15) is 13.2 Å². The highest BCUT2D eigenvalue weighted by Crippen LogP contribution is 2.29. The Morgan fingerprint density at radius 3 is 2.19 bits per heavy atom. The number of nitrogens with one attached hydrogen (secondary N) is 1. The lowest BCUT2D eigenvalue weighted by Crippen LogP contribution is -2.42. The Labute approximate surface area is 93.7 Å². The zero-order chi connectivity index (χ0) is 12.4. The van der Waals surface area contributed by atoms with E-state index < -0.39 is 29.4 Å². The van der Waals surface area contributed by atoms with Crippen molar-refractivity contribution < 1.29 is 13.2 Å². The molecule has 0 saturated carbocycles. The van der Waals surface area contributed by atoms with Crippen molar-refractivity contribution in [3.8, 4) is 0 Å². The van der Waals surface area contributed by atoms with E-state index in [0.29, 0.717) is 0 Å². The second-order valence-corrected chi connectivity index (χ2v) is 4.79. The van der Waals surface area contributed by atoms with Crippen LogP contribution in [0.5, 0.6) is 0 Å². The minimum atomic E-state index is -3.20. The van der Waals surface area contributed by atoms with Gasteiger partial charge in [-0.1, -0.05) is 18.2 Å². The van der Waals surface area contributed by atoms with E-state index in [1.54, 1.807) is 20.8 Å². The number of alkyl halides is 2. The molecular formula is C12H16F3N. The van der Waals surface area contributed by atoms with Crippen LogP contribution < -0.4 is 5.32 Å². The van der Waals surface area contributed by atoms with Crippen molar-refractivity contribution in [1.82, 2.24) is 5.32 Å². The average Bonchev–Trinajstić information content (AvgIpc) is 2.14. The van der Waals surface area contributed by atoms with Crippen molar-refractivity contribution in [2.24, 2.45) is 0 Å². The molecule has 0 spiro atoms. The average molecular weight is 231 g/mol. The van der Waals surface area contributed by atoms with E-state index in [1.807, 2.05) is 0 Å². The molecule has 90 valence electrons. The summed E-state index contributed by atoms with van der Waals surface area (Å²) in [6.07, 6.45) is 0. The quantitative estimate of drug-likeness (QED) is 0.841. The summed E-state index contributed by atoms with van der Waals surface area (Å²) in [4.78, 5) is 0. The minimum Gasteiger partial charge on any atom is -0.306 e. The van der Waals surface area contributed by atoms with Gasteiger partial charge >= 0.3 is 0 Å². The predicted octanol–water partition coefficient (Wildman–Crippen LogP) is 3.31. The highest BCUT2D eigenvalue weighted by molar-refractivity contribution is 5.22. The maximum absolute atomic E-state index is 13.6. The normalized spacial score (nSPS) is 12.9. The highest BCUT2D eigenvalue weighted by Gasteiger charge is 2.35. The largest absolute Gasteiger partial charge is 0.306 e. The first kappa shape index (κ1) is 13.0. The van der Waals surface area contributed by atoms with E-state index >= 15 is 0 Å². The molecule has 0 aliphatic carbocycles. The summed E-state index contributed by atoms with van der Waals surface area (Å²) in [6, 6.07) is 4.95. The van der Waals surface area contributed by atoms with Gasteiger partial charge < -0.3 is 5.32 Å². The van der Waals surface area contributed by atoms with Gasteiger partial charge in [0.1, 0.15) is 5.82 Å². The summed E-state index contributed by atoms with van der Waals surface area (Å²) in [7, 11) is 0. The molecule has 0 atom stereocenters. The molecule has 1 aromatic rings. The predicted molar refractivity (Wildman–Crippen MR) is 58.0 cm³/mol. The van der Waals surface area contributed by atoms with Crippen LogP contribution in [0.1, 0.15) is 26.3 Å². The van der Waals surface area contributed by atoms with Gasteiger partial charge in [-0.2, -0.15) is 8.78 Å². The summed E-state index contributed by atoms with van der Waals surface area (Å²) in [5.74, 6) is -4.07. The lowest BCUT2D eigenvalue weighted by molar-refractivity contribution is -0.0119. The van der Waals surface area contributed by atoms with Gasteiger partial charge in [0.2, 0.25) is 0 Å². The molecular weight excluding hydrogens is 215 g/mol. The molecule has 1 nitrogen and oxygen atoms in total. The van der Waals surface area contributed by atoms with Gasteiger partial charge in [0.05, 0.1) is 12.1 Å². The Kier molecular flexibility index (Phi) is 3.63. The number of rotatable bonds is 3. The fourth-order valence-electron chi connectivity index (χ4n) is 1.23. The Balaban J connectivity index is 2.82. The molecule has 1 aromatic carbocycles. The zero-order valence-corrected chi connectivity index (χ0v) is 9.65. The second-order valence-electron chi connectivity index (χ2n) is 4.79. The summed E-state index contributed by atoms with van der Waals surface area (Å²) in [5, 5.41) is 2.67. The highest BCUT2D eigenvalue weighted by atomic mass is 19.3. The van der Waals surface area contributed by atoms with Gasteiger partial charge in [-0.25, -0.2) is 4.39 Å². The van der Waals surface area contributed by atoms with Gasteiger partial charge in [-0.05, 0) is 26.8 Å². The van der Waals surface area contributed by atoms with Crippen molar-refractivity contribution in [3.63, 3.8) is 0 Å². The van der Waals surface area contributed by atoms with Crippen LogP contribution in [0, 0.1) is 5.82 Å². The Hall–Kier alpha value is -1.03. The van der Waals surface area contributed by atoms with E-state index in [1.165, 1.54) is 12.1 Å². The van der Waals surface area contributed by atoms with Gasteiger partial charge in [0, 0.05) is 5.54 Å². The van der Waals surface area contributed by atoms with E-state index in [0.717, 1.165) is 12.1 Å². The Bertz CT molecular complexity index is 356. The standard InChI is InChI=1S/C12H16F3N/c1-11(2,3)16-8-12(14,15)9-6-4-5-7-10(9)13/h4-7,16H,8H2,1-3H3. The molecule has 16 heavy (non-hydrogen) atoms. The molecule has 1 N–H and O–H groups in total. The maximum Gasteiger partial charge on any atom is 0.288 e. The van der Waals surface area contributed by atoms with E-state index in [4.69, 9.17) is 0 Å². The molecule has 0 fully saturated rings. The van der Waals surface area contributed by atoms with Crippen LogP contribution in [0.3, 0.4) is 0 Å². The third-order valence-electron chi connectivity index (χ3n) is 2.11. The fourth-order valence-corrected chi connectivity index (χ4v) is 1.23. The van der Waals surface area contributed by atoms with Crippen LogP contribution >= 0.6 is 0 Å². The molecule has 0 aliphatic rings. The first-order chi connectivity index (χ1) is 7.22. The molecule has 1 rings (SSSR count). The third-order valence-corrected chi connectivity index (χ3v) is 2.11. The molecule has 0 heterocycles. The summed E-state index contributed by atoms with van der Waals surface area (Å²) < 4.78 is 40.5. The van der Waals surface area contributed by atoms with Crippen molar-refractivity contribution in [3.05, 3.63) is 35.6 Å². The molecule has 0 aliphatic heterocycles. The first-order valence-electron chi connectivity index (χ1n) is 5.10. The lowest BCUT2D eigenvalue weighted by Gasteiger charge is -2.25. The summed E-state index contributed by atoms with van der Waals surface area (Å²) in [5.41, 5.74) is -0.985. The molecule has 0 unspecified atom stereocenters. The number of halogens is 3. The van der Waals surface area contributed by atoms with Gasteiger partial charge in [-0.3, -0.25) is 0 Å². The van der Waals surface area contributed by atoms with Crippen molar-refractivity contribution in [2.45, 2.75) is 32.2 Å². The van der Waals surface area contributed by atoms with Crippen molar-refractivity contribution in [1.29, 1.82) is 0 Å². The van der Waals surface area contributed by atoms with Crippen LogP contribution in [0.4, 0.5) is 13.2 Å². The Morgan fingerprint density at radius 1 is 1.12 bits per heavy atom. The minimum absolute atomic E-state index is 0.422. The number of hydrogen-bond donors (Lipinski definition) is 1. The van der Waals surface area contributed by atoms with Crippen LogP contribution in [0.2, 0.25) is 0 Å². The summed E-state index contributed by atoms with van der Waals surface area (Å²) >= 11 is 0. The third kappa shape index (κ3) is 3.52. The van der Waals surface area contributed by atoms with E-state index in [-0.39, 0.29) is 0 Å². The SMILES string of the molecule is CC(C)(C)NCC(F)(F)c1ccccc1F. The molecule has 0 saturated heterocycles. The number of benzene rings is 1. The zero-order valence-electron chi connectivity index (χ0n) is 9.65. The molecule has 0 radical (unpaired) electrons. The summed E-state index contributed by atoms with van der Waals surface area (Å²) in [6.45, 7) is 4.77. The fraction of sp³-hybridized carbons (Fsp3) is 0.500. The second kappa shape index (κ2) is 4.45. The van der Waals surface area contributed by atoms with Crippen LogP contribution in [-0.4, -0.2) is 12.1 Å². The van der Waals surface area contributed by atoms with E-state index in [2.05, 4.69) is 5.32 Å². The Morgan fingerprint density at radius 2 is 1.69 bits per heavy atom. The van der Waals surface area contributed by atoms with Gasteiger partial charge in [0.15, 0.2) is 0 Å². The molecule has 0 amide bonds. The van der Waals surface area contributed by atoms with Crippen molar-refractivity contribution >= 4 is 0 Å². The molecule has 0 bridgehead atoms. The van der Waals surface area contributed by atoms with Gasteiger partial charge in [-0.15, -0.1) is 0 Å². The smallest absolute Gasteiger partial charge is 0.288 e. The molecule has 0 aromatic heterocycles. The van der Waals surface area contributed by atoms with Crippen LogP contribution in [0.25, 0.3) is 0 Å². The van der Waals surface area contributed by atoms with Crippen LogP contribution in [-0.2, 0) is 5.92 Å². The first-order valence-corrected chi connectivity index (χ1v) is 5.10. The van der Waals surface area contributed by atoms with Gasteiger partial charge in [0.25, 0.3) is 5.92 Å². The topological polar surface area (TPSA) is 12.0 Å². The lowest BCUT2D eigenvalue weighted by atomic mass is 10.1. The molecule has 4 heteroatoms.